The molecule has 2 aliphatic heterocycles. The summed E-state index contributed by atoms with van der Waals surface area (Å²) in [6.45, 7) is 0.0156. The van der Waals surface area contributed by atoms with E-state index in [1.165, 1.54) is 23.9 Å². The number of non-ortho nitro benzene ring substituents is 1. The normalized spacial score (nSPS) is 22.2. The van der Waals surface area contributed by atoms with Crippen LogP contribution in [0, 0.1) is 10.1 Å². The lowest BCUT2D eigenvalue weighted by Crippen LogP contribution is -2.55. The van der Waals surface area contributed by atoms with Crippen LogP contribution < -0.4 is 0 Å². The molecule has 0 N–H and O–H groups in total. The number of fused-ring (bicyclic) bond motifs is 1. The second-order valence-corrected chi connectivity index (χ2v) is 6.16. The molecule has 120 valence electrons. The van der Waals surface area contributed by atoms with Crippen molar-refractivity contribution < 1.29 is 19.2 Å². The number of thioether (sulfide) groups is 1. The number of carbonyl (C=O) groups excluding carboxylic acids is 2. The molecular weight excluding hydrogens is 320 g/mol. The average Bonchev–Trinajstić information content (AvgIpc) is 2.85. The molecule has 2 unspecified atom stereocenters. The summed E-state index contributed by atoms with van der Waals surface area (Å²) in [6, 6.07) is 5.16. The van der Waals surface area contributed by atoms with Gasteiger partial charge >= 0.3 is 5.97 Å². The monoisotopic (exact) mass is 334 g/mol. The fourth-order valence-corrected chi connectivity index (χ4v) is 3.43. The first-order chi connectivity index (χ1) is 11.0. The van der Waals surface area contributed by atoms with Gasteiger partial charge in [-0.05, 0) is 30.0 Å². The maximum Gasteiger partial charge on any atom is 0.334 e. The number of nitrogens with zero attached hydrogens (tertiary/aromatic N) is 2. The number of ether oxygens (including phenoxy) is 1. The highest BCUT2D eigenvalue weighted by atomic mass is 32.2. The molecule has 0 radical (unpaired) electrons. The molecule has 7 nitrogen and oxygen atoms in total. The Hall–Kier alpha value is -2.35. The van der Waals surface area contributed by atoms with Crippen molar-refractivity contribution >= 4 is 29.3 Å². The maximum absolute atomic E-state index is 12.3. The number of nitro benzene ring substituents is 1. The standard InChI is InChI=1S/C15H14N2O5S/c1-23-12-6-11-7-13(18)16(11)14(12)15(19)22-8-9-2-4-10(5-3-9)17(20)21/h2-6,11,14H,7-8H2,1H3. The van der Waals surface area contributed by atoms with Gasteiger partial charge < -0.3 is 9.64 Å². The lowest BCUT2D eigenvalue weighted by molar-refractivity contribution is -0.384. The van der Waals surface area contributed by atoms with Crippen LogP contribution in [0.4, 0.5) is 5.69 Å². The van der Waals surface area contributed by atoms with E-state index in [0.717, 1.165) is 4.91 Å². The van der Waals surface area contributed by atoms with E-state index < -0.39 is 16.9 Å². The molecule has 8 heteroatoms. The van der Waals surface area contributed by atoms with E-state index in [0.29, 0.717) is 12.0 Å². The Morgan fingerprint density at radius 3 is 2.70 bits per heavy atom. The van der Waals surface area contributed by atoms with Gasteiger partial charge in [-0.2, -0.15) is 0 Å². The summed E-state index contributed by atoms with van der Waals surface area (Å²) in [6.07, 6.45) is 4.23. The van der Waals surface area contributed by atoms with Crippen LogP contribution in [0.15, 0.2) is 35.2 Å². The molecule has 2 heterocycles. The zero-order chi connectivity index (χ0) is 16.6. The zero-order valence-corrected chi connectivity index (χ0v) is 13.1. The van der Waals surface area contributed by atoms with E-state index in [1.54, 1.807) is 17.0 Å². The summed E-state index contributed by atoms with van der Waals surface area (Å²) in [4.78, 5) is 36.5. The molecule has 0 spiro atoms. The fourth-order valence-electron chi connectivity index (χ4n) is 2.70. The molecule has 23 heavy (non-hydrogen) atoms. The number of hydrogen-bond donors (Lipinski definition) is 0. The minimum absolute atomic E-state index is 0.00174. The third-order valence-electron chi connectivity index (χ3n) is 3.92. The highest BCUT2D eigenvalue weighted by Gasteiger charge is 2.49. The largest absolute Gasteiger partial charge is 0.459 e. The summed E-state index contributed by atoms with van der Waals surface area (Å²) >= 11 is 1.44. The van der Waals surface area contributed by atoms with E-state index in [2.05, 4.69) is 0 Å². The highest BCUT2D eigenvalue weighted by molar-refractivity contribution is 8.02. The molecule has 1 aromatic rings. The van der Waals surface area contributed by atoms with E-state index in [-0.39, 0.29) is 24.2 Å². The Morgan fingerprint density at radius 2 is 2.13 bits per heavy atom. The van der Waals surface area contributed by atoms with Crippen molar-refractivity contribution in [3.05, 3.63) is 50.9 Å². The Morgan fingerprint density at radius 1 is 1.43 bits per heavy atom. The number of rotatable bonds is 5. The Bertz CT molecular complexity index is 700. The van der Waals surface area contributed by atoms with Crippen LogP contribution in [0.25, 0.3) is 0 Å². The third-order valence-corrected chi connectivity index (χ3v) is 4.75. The summed E-state index contributed by atoms with van der Waals surface area (Å²) in [5, 5.41) is 10.6. The van der Waals surface area contributed by atoms with Crippen molar-refractivity contribution in [2.45, 2.75) is 25.1 Å². The Kier molecular flexibility index (Phi) is 4.08. The van der Waals surface area contributed by atoms with Gasteiger partial charge in [0.25, 0.3) is 5.69 Å². The lowest BCUT2D eigenvalue weighted by atomic mass is 10.0. The van der Waals surface area contributed by atoms with E-state index in [9.17, 15) is 19.7 Å². The van der Waals surface area contributed by atoms with Gasteiger partial charge in [0.2, 0.25) is 5.91 Å². The molecule has 0 aliphatic carbocycles. The topological polar surface area (TPSA) is 89.8 Å². The number of hydrogen-bond acceptors (Lipinski definition) is 6. The number of β-lactam (4-membered cyclic amide) rings is 1. The quantitative estimate of drug-likeness (QED) is 0.353. The minimum atomic E-state index is -0.658. The predicted molar refractivity (Wildman–Crippen MR) is 83.5 cm³/mol. The van der Waals surface area contributed by atoms with Crippen molar-refractivity contribution in [3.63, 3.8) is 0 Å². The van der Waals surface area contributed by atoms with Gasteiger partial charge in [-0.3, -0.25) is 14.9 Å². The number of amides is 1. The van der Waals surface area contributed by atoms with Gasteiger partial charge in [0.15, 0.2) is 6.04 Å². The first-order valence-electron chi connectivity index (χ1n) is 6.98. The van der Waals surface area contributed by atoms with Crippen molar-refractivity contribution in [3.8, 4) is 0 Å². The molecule has 1 saturated heterocycles. The molecule has 2 atom stereocenters. The van der Waals surface area contributed by atoms with Crippen LogP contribution in [0.5, 0.6) is 0 Å². The van der Waals surface area contributed by atoms with E-state index in [4.69, 9.17) is 4.74 Å². The van der Waals surface area contributed by atoms with Crippen LogP contribution in [0.2, 0.25) is 0 Å². The summed E-state index contributed by atoms with van der Waals surface area (Å²) in [7, 11) is 0. The molecule has 3 rings (SSSR count). The van der Waals surface area contributed by atoms with Gasteiger partial charge in [-0.25, -0.2) is 4.79 Å². The van der Waals surface area contributed by atoms with Gasteiger partial charge in [-0.15, -0.1) is 11.8 Å². The van der Waals surface area contributed by atoms with Crippen molar-refractivity contribution in [1.29, 1.82) is 0 Å². The van der Waals surface area contributed by atoms with Crippen LogP contribution >= 0.6 is 11.8 Å². The molecule has 0 saturated carbocycles. The number of nitro groups is 1. The van der Waals surface area contributed by atoms with Crippen molar-refractivity contribution in [2.75, 3.05) is 6.26 Å². The number of carbonyl (C=O) groups is 2. The lowest BCUT2D eigenvalue weighted by Gasteiger charge is -2.37. The van der Waals surface area contributed by atoms with Crippen molar-refractivity contribution in [1.82, 2.24) is 4.90 Å². The SMILES string of the molecule is CSC1=CC2CC(=O)N2C1C(=O)OCc1ccc([N+](=O)[O-])cc1. The molecule has 1 amide bonds. The Balaban J connectivity index is 1.64. The van der Waals surface area contributed by atoms with Gasteiger partial charge in [0, 0.05) is 17.0 Å². The van der Waals surface area contributed by atoms with Crippen LogP contribution in [0.1, 0.15) is 12.0 Å². The minimum Gasteiger partial charge on any atom is -0.459 e. The molecule has 1 fully saturated rings. The molecule has 1 aromatic carbocycles. The van der Waals surface area contributed by atoms with Gasteiger partial charge in [-0.1, -0.05) is 0 Å². The smallest absolute Gasteiger partial charge is 0.334 e. The summed E-state index contributed by atoms with van der Waals surface area (Å²) in [5.74, 6) is -0.521. The first kappa shape index (κ1) is 15.5. The summed E-state index contributed by atoms with van der Waals surface area (Å²) < 4.78 is 5.29. The maximum atomic E-state index is 12.3. The second kappa shape index (κ2) is 6.04. The third kappa shape index (κ3) is 2.81. The number of esters is 1. The zero-order valence-electron chi connectivity index (χ0n) is 12.3. The van der Waals surface area contributed by atoms with Crippen molar-refractivity contribution in [2.24, 2.45) is 0 Å². The van der Waals surface area contributed by atoms with Crippen LogP contribution in [-0.2, 0) is 20.9 Å². The number of benzene rings is 1. The average molecular weight is 334 g/mol. The first-order valence-corrected chi connectivity index (χ1v) is 8.20. The summed E-state index contributed by atoms with van der Waals surface area (Å²) in [5.41, 5.74) is 0.639. The van der Waals surface area contributed by atoms with Gasteiger partial charge in [0.05, 0.1) is 17.4 Å². The van der Waals surface area contributed by atoms with E-state index >= 15 is 0 Å². The van der Waals surface area contributed by atoms with Crippen LogP contribution in [0.3, 0.4) is 0 Å². The molecule has 0 aromatic heterocycles. The molecule has 0 bridgehead atoms. The second-order valence-electron chi connectivity index (χ2n) is 5.28. The fraction of sp³-hybridized carbons (Fsp3) is 0.333. The molecular formula is C15H14N2O5S. The van der Waals surface area contributed by atoms with E-state index in [1.807, 2.05) is 12.3 Å². The molecule has 2 aliphatic rings. The predicted octanol–water partition coefficient (Wildman–Crippen LogP) is 1.87. The Labute approximate surface area is 136 Å². The van der Waals surface area contributed by atoms with Crippen LogP contribution in [-0.4, -0.2) is 40.0 Å². The highest BCUT2D eigenvalue weighted by Crippen LogP contribution is 2.38. The van der Waals surface area contributed by atoms with Gasteiger partial charge in [0.1, 0.15) is 6.61 Å².